The molecule has 8 nitrogen and oxygen atoms in total. The van der Waals surface area contributed by atoms with Gasteiger partial charge in [-0.25, -0.2) is 4.98 Å². The highest BCUT2D eigenvalue weighted by atomic mass is 32.2. The molecule has 0 unspecified atom stereocenters. The van der Waals surface area contributed by atoms with Crippen LogP contribution in [-0.4, -0.2) is 26.1 Å². The van der Waals surface area contributed by atoms with Crippen molar-refractivity contribution in [3.8, 4) is 0 Å². The fraction of sp³-hybridized carbons (Fsp3) is 0.211. The first-order chi connectivity index (χ1) is 13.3. The second-order valence-electron chi connectivity index (χ2n) is 6.06. The predicted molar refractivity (Wildman–Crippen MR) is 105 cm³/mol. The van der Waals surface area contributed by atoms with E-state index in [1.54, 1.807) is 50.2 Å². The summed E-state index contributed by atoms with van der Waals surface area (Å²) < 4.78 is 5.44. The SMILES string of the molecule is C[C@H](OC(=O)[C@@H](C)Sc1ccc([N+](=O)[O-])cc1)c1nc2ccccc2c(=O)[nH]1. The lowest BCUT2D eigenvalue weighted by Gasteiger charge is -2.16. The van der Waals surface area contributed by atoms with Gasteiger partial charge in [-0.15, -0.1) is 11.8 Å². The Morgan fingerprint density at radius 3 is 2.54 bits per heavy atom. The largest absolute Gasteiger partial charge is 0.454 e. The number of carbonyl (C=O) groups is 1. The Bertz CT molecular complexity index is 1080. The van der Waals surface area contributed by atoms with Crippen molar-refractivity contribution in [2.24, 2.45) is 0 Å². The first kappa shape index (κ1) is 19.6. The molecule has 1 aromatic heterocycles. The van der Waals surface area contributed by atoms with Crippen LogP contribution < -0.4 is 5.56 Å². The molecule has 0 amide bonds. The Hall–Kier alpha value is -3.20. The summed E-state index contributed by atoms with van der Waals surface area (Å²) >= 11 is 1.23. The number of benzene rings is 2. The van der Waals surface area contributed by atoms with E-state index in [0.29, 0.717) is 15.8 Å². The van der Waals surface area contributed by atoms with Gasteiger partial charge in [0.25, 0.3) is 11.2 Å². The molecule has 1 N–H and O–H groups in total. The zero-order valence-electron chi connectivity index (χ0n) is 15.1. The fourth-order valence-electron chi connectivity index (χ4n) is 2.52. The van der Waals surface area contributed by atoms with E-state index in [2.05, 4.69) is 9.97 Å². The molecule has 3 aromatic rings. The van der Waals surface area contributed by atoms with Crippen LogP contribution in [0.1, 0.15) is 25.8 Å². The fourth-order valence-corrected chi connectivity index (χ4v) is 3.37. The summed E-state index contributed by atoms with van der Waals surface area (Å²) in [4.78, 5) is 42.5. The first-order valence-corrected chi connectivity index (χ1v) is 9.33. The van der Waals surface area contributed by atoms with E-state index < -0.39 is 22.2 Å². The number of nitro benzene ring substituents is 1. The summed E-state index contributed by atoms with van der Waals surface area (Å²) in [5, 5.41) is 10.6. The van der Waals surface area contributed by atoms with Crippen LogP contribution >= 0.6 is 11.8 Å². The quantitative estimate of drug-likeness (QED) is 0.291. The highest BCUT2D eigenvalue weighted by Gasteiger charge is 2.21. The number of hydrogen-bond donors (Lipinski definition) is 1. The van der Waals surface area contributed by atoms with Gasteiger partial charge in [0, 0.05) is 17.0 Å². The van der Waals surface area contributed by atoms with Gasteiger partial charge in [-0.1, -0.05) is 12.1 Å². The number of esters is 1. The summed E-state index contributed by atoms with van der Waals surface area (Å²) in [6.45, 7) is 3.31. The van der Waals surface area contributed by atoms with E-state index in [9.17, 15) is 19.7 Å². The number of aromatic nitrogens is 2. The minimum atomic E-state index is -0.732. The summed E-state index contributed by atoms with van der Waals surface area (Å²) in [7, 11) is 0. The highest BCUT2D eigenvalue weighted by Crippen LogP contribution is 2.27. The first-order valence-electron chi connectivity index (χ1n) is 8.45. The van der Waals surface area contributed by atoms with Crippen molar-refractivity contribution in [2.75, 3.05) is 0 Å². The van der Waals surface area contributed by atoms with Gasteiger partial charge in [0.15, 0.2) is 11.9 Å². The van der Waals surface area contributed by atoms with E-state index in [4.69, 9.17) is 4.74 Å². The van der Waals surface area contributed by atoms with Crippen molar-refractivity contribution in [3.63, 3.8) is 0 Å². The normalized spacial score (nSPS) is 13.1. The number of thioether (sulfide) groups is 1. The monoisotopic (exact) mass is 399 g/mol. The van der Waals surface area contributed by atoms with Gasteiger partial charge in [0.2, 0.25) is 0 Å². The number of rotatable bonds is 6. The zero-order chi connectivity index (χ0) is 20.3. The van der Waals surface area contributed by atoms with Crippen LogP contribution in [-0.2, 0) is 9.53 Å². The Morgan fingerprint density at radius 1 is 1.18 bits per heavy atom. The van der Waals surface area contributed by atoms with Crippen LogP contribution in [0.15, 0.2) is 58.2 Å². The van der Waals surface area contributed by atoms with Crippen LogP contribution in [0.25, 0.3) is 10.9 Å². The van der Waals surface area contributed by atoms with Crippen molar-refractivity contribution in [1.29, 1.82) is 0 Å². The number of nitro groups is 1. The Morgan fingerprint density at radius 2 is 1.86 bits per heavy atom. The van der Waals surface area contributed by atoms with Crippen LogP contribution in [0.5, 0.6) is 0 Å². The van der Waals surface area contributed by atoms with E-state index in [-0.39, 0.29) is 17.1 Å². The highest BCUT2D eigenvalue weighted by molar-refractivity contribution is 8.00. The van der Waals surface area contributed by atoms with Gasteiger partial charge in [0.1, 0.15) is 5.25 Å². The van der Waals surface area contributed by atoms with Crippen LogP contribution in [0.4, 0.5) is 5.69 Å². The smallest absolute Gasteiger partial charge is 0.319 e. The van der Waals surface area contributed by atoms with E-state index >= 15 is 0 Å². The number of non-ortho nitro benzene ring substituents is 1. The number of H-pyrrole nitrogens is 1. The molecule has 0 aliphatic carbocycles. The summed E-state index contributed by atoms with van der Waals surface area (Å²) in [5.41, 5.74) is 0.216. The maximum absolute atomic E-state index is 12.4. The predicted octanol–water partition coefficient (Wildman–Crippen LogP) is 3.62. The molecule has 2 atom stereocenters. The number of fused-ring (bicyclic) bond motifs is 1. The van der Waals surface area contributed by atoms with Crippen molar-refractivity contribution in [1.82, 2.24) is 9.97 Å². The Balaban J connectivity index is 1.68. The van der Waals surface area contributed by atoms with Crippen LogP contribution in [0.2, 0.25) is 0 Å². The van der Waals surface area contributed by atoms with Crippen molar-refractivity contribution >= 4 is 34.3 Å². The standard InChI is InChI=1S/C19H17N3O5S/c1-11(17-20-16-6-4-3-5-15(16)18(23)21-17)27-19(24)12(2)28-14-9-7-13(8-10-14)22(25)26/h3-12H,1-2H3,(H,20,21,23)/t11-,12+/m0/s1. The molecule has 0 spiro atoms. The van der Waals surface area contributed by atoms with Crippen molar-refractivity contribution in [2.45, 2.75) is 30.1 Å². The summed E-state index contributed by atoms with van der Waals surface area (Å²) in [6.07, 6.45) is -0.732. The van der Waals surface area contributed by atoms with E-state index in [1.165, 1.54) is 23.9 Å². The molecule has 0 aliphatic rings. The number of nitrogens with one attached hydrogen (secondary N) is 1. The van der Waals surface area contributed by atoms with Crippen LogP contribution in [0.3, 0.4) is 0 Å². The van der Waals surface area contributed by atoms with Gasteiger partial charge < -0.3 is 9.72 Å². The summed E-state index contributed by atoms with van der Waals surface area (Å²) in [5.74, 6) is -0.212. The molecule has 0 radical (unpaired) electrons. The average molecular weight is 399 g/mol. The molecule has 2 aromatic carbocycles. The third-order valence-corrected chi connectivity index (χ3v) is 5.09. The lowest BCUT2D eigenvalue weighted by atomic mass is 10.2. The maximum Gasteiger partial charge on any atom is 0.319 e. The lowest BCUT2D eigenvalue weighted by Crippen LogP contribution is -2.22. The van der Waals surface area contributed by atoms with Gasteiger partial charge in [-0.05, 0) is 38.1 Å². The second kappa shape index (κ2) is 8.22. The van der Waals surface area contributed by atoms with Crippen LogP contribution in [0, 0.1) is 10.1 Å². The number of carbonyl (C=O) groups excluding carboxylic acids is 1. The van der Waals surface area contributed by atoms with E-state index in [0.717, 1.165) is 0 Å². The molecule has 144 valence electrons. The number of para-hydroxylation sites is 1. The molecule has 1 heterocycles. The molecule has 3 rings (SSSR count). The third-order valence-electron chi connectivity index (χ3n) is 4.00. The molecule has 0 aliphatic heterocycles. The number of aromatic amines is 1. The second-order valence-corrected chi connectivity index (χ2v) is 7.47. The molecule has 0 saturated carbocycles. The minimum Gasteiger partial charge on any atom is -0.454 e. The topological polar surface area (TPSA) is 115 Å². The maximum atomic E-state index is 12.4. The molecule has 9 heteroatoms. The zero-order valence-corrected chi connectivity index (χ0v) is 15.9. The number of nitrogens with zero attached hydrogens (tertiary/aromatic N) is 2. The number of hydrogen-bond acceptors (Lipinski definition) is 7. The minimum absolute atomic E-state index is 0.0143. The number of ether oxygens (including phenoxy) is 1. The van der Waals surface area contributed by atoms with Crippen molar-refractivity contribution < 1.29 is 14.5 Å². The molecular formula is C19H17N3O5S. The van der Waals surface area contributed by atoms with Gasteiger partial charge in [-0.2, -0.15) is 0 Å². The van der Waals surface area contributed by atoms with Gasteiger partial charge in [-0.3, -0.25) is 19.7 Å². The molecule has 0 bridgehead atoms. The van der Waals surface area contributed by atoms with Gasteiger partial charge in [0.05, 0.1) is 15.8 Å². The third kappa shape index (κ3) is 4.37. The van der Waals surface area contributed by atoms with Gasteiger partial charge >= 0.3 is 5.97 Å². The average Bonchev–Trinajstić information content (AvgIpc) is 2.68. The molecular weight excluding hydrogens is 382 g/mol. The summed E-state index contributed by atoms with van der Waals surface area (Å²) in [6, 6.07) is 12.8. The molecule has 28 heavy (non-hydrogen) atoms. The Kier molecular flexibility index (Phi) is 5.74. The molecule has 0 fully saturated rings. The van der Waals surface area contributed by atoms with E-state index in [1.807, 2.05) is 0 Å². The lowest BCUT2D eigenvalue weighted by molar-refractivity contribution is -0.384. The molecule has 0 saturated heterocycles. The Labute approximate surface area is 164 Å². The van der Waals surface area contributed by atoms with Crippen molar-refractivity contribution in [3.05, 3.63) is 74.8 Å².